The highest BCUT2D eigenvalue weighted by Gasteiger charge is 2.14. The van der Waals surface area contributed by atoms with Crippen molar-refractivity contribution >= 4 is 33.5 Å². The fourth-order valence-electron chi connectivity index (χ4n) is 0.300. The van der Waals surface area contributed by atoms with Crippen LogP contribution in [0.2, 0.25) is 0 Å². The van der Waals surface area contributed by atoms with E-state index < -0.39 is 35.5 Å². The third-order valence-electron chi connectivity index (χ3n) is 1.03. The molecule has 0 aromatic rings. The van der Waals surface area contributed by atoms with E-state index in [9.17, 15) is 9.59 Å². The largest absolute Gasteiger partial charge is 0.480 e. The molecule has 6 N–H and O–H groups in total. The lowest BCUT2D eigenvalue weighted by Gasteiger charge is -2.07. The molecule has 0 spiro atoms. The minimum Gasteiger partial charge on any atom is -0.480 e. The van der Waals surface area contributed by atoms with E-state index in [1.54, 1.807) is 0 Å². The van der Waals surface area contributed by atoms with Crippen LogP contribution in [0.15, 0.2) is 0 Å². The van der Waals surface area contributed by atoms with Crippen LogP contribution in [-0.4, -0.2) is 45.7 Å². The lowest BCUT2D eigenvalue weighted by Crippen LogP contribution is -2.33. The first-order valence-corrected chi connectivity index (χ1v) is 5.68. The molecule has 0 aliphatic rings. The number of hydrogen-bond donors (Lipinski definition) is 4. The Hall–Kier alpha value is -0.440. The maximum absolute atomic E-state index is 10.4. The summed E-state index contributed by atoms with van der Waals surface area (Å²) in [5.74, 6) is -2.64. The van der Waals surface area contributed by atoms with Gasteiger partial charge in [-0.05, 0) is 0 Å². The minimum atomic E-state index is -1.38. The Balaban J connectivity index is 4.05. The first kappa shape index (κ1) is 10.1. The molecule has 0 aliphatic carbocycles. The highest BCUT2D eigenvalue weighted by atomic mass is 33.1. The topological polar surface area (TPSA) is 127 Å². The number of aliphatic carboxylic acids is 2. The molecule has 0 radical (unpaired) electrons. The van der Waals surface area contributed by atoms with Gasteiger partial charge in [0.15, 0.2) is 0 Å². The van der Waals surface area contributed by atoms with Crippen LogP contribution in [0, 0.1) is 0 Å². The molecule has 0 bridgehead atoms. The van der Waals surface area contributed by atoms with Crippen LogP contribution in [0.25, 0.3) is 0 Å². The molecule has 4 atom stereocenters. The fraction of sp³-hybridized carbons (Fsp3) is 0.667. The number of carboxylic acid groups (broad SMARTS) is 2. The fourth-order valence-corrected chi connectivity index (χ4v) is 2.00. The standard InChI is InChI=1S/C6H12N2O4S2/c7-3(5(9)10)1-13-14-2-4(8)6(11)12/h3-4H,1-2,7-8H2,(H,9,10)(H,11,12)/t3-,4-/m0/s1/i1D,2D/t1-,2-,3-,4-. The summed E-state index contributed by atoms with van der Waals surface area (Å²) in [6.07, 6.45) is 0. The average Bonchev–Trinajstić information content (AvgIpc) is 2.22. The summed E-state index contributed by atoms with van der Waals surface area (Å²) in [4.78, 5) is 20.8. The van der Waals surface area contributed by atoms with E-state index in [0.717, 1.165) is 0 Å². The summed E-state index contributed by atoms with van der Waals surface area (Å²) in [7, 11) is 1.43. The van der Waals surface area contributed by atoms with E-state index >= 15 is 0 Å². The average molecular weight is 242 g/mol. The van der Waals surface area contributed by atoms with Crippen molar-refractivity contribution in [2.75, 3.05) is 11.5 Å². The second kappa shape index (κ2) is 6.93. The van der Waals surface area contributed by atoms with Gasteiger partial charge in [-0.1, -0.05) is 21.6 Å². The number of rotatable bonds is 7. The maximum Gasteiger partial charge on any atom is 0.321 e. The van der Waals surface area contributed by atoms with Gasteiger partial charge in [-0.25, -0.2) is 0 Å². The van der Waals surface area contributed by atoms with Crippen molar-refractivity contribution in [2.24, 2.45) is 11.5 Å². The molecular weight excluding hydrogens is 228 g/mol. The molecule has 0 saturated carbocycles. The van der Waals surface area contributed by atoms with Gasteiger partial charge in [-0.15, -0.1) is 0 Å². The van der Waals surface area contributed by atoms with Gasteiger partial charge in [0.25, 0.3) is 0 Å². The van der Waals surface area contributed by atoms with Gasteiger partial charge in [0.2, 0.25) is 0 Å². The minimum absolute atomic E-state index is 0.713. The van der Waals surface area contributed by atoms with E-state index in [0.29, 0.717) is 21.6 Å². The smallest absolute Gasteiger partial charge is 0.321 e. The summed E-state index contributed by atoms with van der Waals surface area (Å²) in [5, 5.41) is 17.0. The molecule has 0 fully saturated rings. The van der Waals surface area contributed by atoms with E-state index in [4.69, 9.17) is 24.4 Å². The van der Waals surface area contributed by atoms with Crippen LogP contribution in [0.4, 0.5) is 0 Å². The van der Waals surface area contributed by atoms with Gasteiger partial charge in [0.1, 0.15) is 12.1 Å². The molecule has 0 unspecified atom stereocenters. The summed E-state index contributed by atoms with van der Waals surface area (Å²) >= 11 is 0. The third kappa shape index (κ3) is 6.08. The second-order valence-corrected chi connectivity index (χ2v) is 4.28. The maximum atomic E-state index is 10.4. The zero-order chi connectivity index (χ0) is 12.9. The molecule has 0 aromatic heterocycles. The van der Waals surface area contributed by atoms with Crippen molar-refractivity contribution in [3.63, 3.8) is 0 Å². The van der Waals surface area contributed by atoms with Gasteiger partial charge in [-0.3, -0.25) is 9.59 Å². The van der Waals surface area contributed by atoms with Crippen molar-refractivity contribution in [1.29, 1.82) is 0 Å². The monoisotopic (exact) mass is 242 g/mol. The zero-order valence-corrected chi connectivity index (χ0v) is 8.62. The lowest BCUT2D eigenvalue weighted by molar-refractivity contribution is -0.138. The molecule has 0 aliphatic heterocycles. The predicted molar refractivity (Wildman–Crippen MR) is 56.1 cm³/mol. The quantitative estimate of drug-likeness (QED) is 0.427. The van der Waals surface area contributed by atoms with Gasteiger partial charge in [-0.2, -0.15) is 0 Å². The van der Waals surface area contributed by atoms with Crippen LogP contribution in [0.3, 0.4) is 0 Å². The Morgan fingerprint density at radius 3 is 1.64 bits per heavy atom. The van der Waals surface area contributed by atoms with Gasteiger partial charge in [0.05, 0.1) is 0 Å². The highest BCUT2D eigenvalue weighted by molar-refractivity contribution is 8.76. The number of carbonyl (C=O) groups is 2. The number of nitrogens with two attached hydrogens (primary N) is 2. The van der Waals surface area contributed by atoms with E-state index in [2.05, 4.69) is 0 Å². The first-order valence-electron chi connectivity index (χ1n) is 4.56. The molecule has 0 aromatic carbocycles. The van der Waals surface area contributed by atoms with Crippen molar-refractivity contribution in [1.82, 2.24) is 0 Å². The Kier molecular flexibility index (Phi) is 5.00. The van der Waals surface area contributed by atoms with E-state index in [1.807, 2.05) is 0 Å². The van der Waals surface area contributed by atoms with Crippen LogP contribution < -0.4 is 11.5 Å². The number of hydrogen-bond acceptors (Lipinski definition) is 6. The molecule has 82 valence electrons. The summed E-state index contributed by atoms with van der Waals surface area (Å²) in [6, 6.07) is -2.77. The Morgan fingerprint density at radius 1 is 1.14 bits per heavy atom. The summed E-state index contributed by atoms with van der Waals surface area (Å²) < 4.78 is 14.6. The van der Waals surface area contributed by atoms with Crippen LogP contribution >= 0.6 is 21.6 Å². The Morgan fingerprint density at radius 2 is 1.43 bits per heavy atom. The molecule has 0 heterocycles. The molecule has 0 saturated heterocycles. The van der Waals surface area contributed by atoms with Gasteiger partial charge < -0.3 is 21.7 Å². The number of carboxylic acids is 2. The van der Waals surface area contributed by atoms with Gasteiger partial charge in [0, 0.05) is 14.2 Å². The van der Waals surface area contributed by atoms with Crippen LogP contribution in [-0.2, 0) is 9.59 Å². The predicted octanol–water partition coefficient (Wildman–Crippen LogP) is -0.808. The van der Waals surface area contributed by atoms with E-state index in [1.165, 1.54) is 0 Å². The molecule has 8 heteroatoms. The third-order valence-corrected chi connectivity index (χ3v) is 2.95. The Labute approximate surface area is 91.6 Å². The molecular formula is C6H12N2O4S2. The van der Waals surface area contributed by atoms with Crippen LogP contribution in [0.1, 0.15) is 2.74 Å². The van der Waals surface area contributed by atoms with Crippen molar-refractivity contribution in [3.8, 4) is 0 Å². The highest BCUT2D eigenvalue weighted by Crippen LogP contribution is 2.22. The molecule has 0 rings (SSSR count). The first-order chi connectivity index (χ1) is 7.27. The lowest BCUT2D eigenvalue weighted by atomic mass is 10.4. The normalized spacial score (nSPS) is 21.3. The van der Waals surface area contributed by atoms with Crippen molar-refractivity contribution in [2.45, 2.75) is 12.1 Å². The SMILES string of the molecule is [2H][C@H](SS[C@@H]([2H])[C@H](N)C(=O)O)[C@H](N)C(=O)O. The summed E-state index contributed by atoms with van der Waals surface area (Å²) in [6.45, 7) is 0. The van der Waals surface area contributed by atoms with Crippen molar-refractivity contribution < 1.29 is 22.5 Å². The van der Waals surface area contributed by atoms with Crippen molar-refractivity contribution in [3.05, 3.63) is 0 Å². The van der Waals surface area contributed by atoms with Gasteiger partial charge >= 0.3 is 11.9 Å². The summed E-state index contributed by atoms with van der Waals surface area (Å²) in [5.41, 5.74) is 7.94. The zero-order valence-electron chi connectivity index (χ0n) is 8.99. The van der Waals surface area contributed by atoms with Crippen LogP contribution in [0.5, 0.6) is 0 Å². The Bertz CT molecular complexity index is 245. The molecule has 0 amide bonds. The second-order valence-electron chi connectivity index (χ2n) is 2.19. The van der Waals surface area contributed by atoms with E-state index in [-0.39, 0.29) is 0 Å². The molecule has 6 nitrogen and oxygen atoms in total. The molecule has 14 heavy (non-hydrogen) atoms.